The molecule has 0 amide bonds. The first-order valence-electron chi connectivity index (χ1n) is 5.40. The highest BCUT2D eigenvalue weighted by atomic mass is 32.2. The third kappa shape index (κ3) is 1.95. The summed E-state index contributed by atoms with van der Waals surface area (Å²) in [5.74, 6) is -1.01. The van der Waals surface area contributed by atoms with Crippen molar-refractivity contribution >= 4 is 21.9 Å². The average Bonchev–Trinajstić information content (AvgIpc) is 2.71. The van der Waals surface area contributed by atoms with Gasteiger partial charge in [0.1, 0.15) is 0 Å². The lowest BCUT2D eigenvalue weighted by Crippen LogP contribution is -2.38. The minimum atomic E-state index is -3.50. The Hall–Kier alpha value is -1.60. The van der Waals surface area contributed by atoms with Crippen molar-refractivity contribution in [1.29, 1.82) is 0 Å². The largest absolute Gasteiger partial charge is 0.478 e. The summed E-state index contributed by atoms with van der Waals surface area (Å²) in [7, 11) is -0.562. The van der Waals surface area contributed by atoms with Crippen molar-refractivity contribution in [3.05, 3.63) is 29.3 Å². The van der Waals surface area contributed by atoms with Crippen LogP contribution in [0.15, 0.2) is 18.2 Å². The molecule has 2 rings (SSSR count). The fraction of sp³-hybridized carbons (Fsp3) is 0.364. The zero-order valence-electron chi connectivity index (χ0n) is 10.1. The molecule has 0 bridgehead atoms. The van der Waals surface area contributed by atoms with Crippen LogP contribution in [0.2, 0.25) is 0 Å². The van der Waals surface area contributed by atoms with Gasteiger partial charge < -0.3 is 5.11 Å². The molecule has 1 N–H and O–H groups in total. The van der Waals surface area contributed by atoms with E-state index in [9.17, 15) is 13.2 Å². The van der Waals surface area contributed by atoms with E-state index >= 15 is 0 Å². The maximum Gasteiger partial charge on any atom is 0.335 e. The first-order chi connectivity index (χ1) is 8.34. The van der Waals surface area contributed by atoms with Crippen molar-refractivity contribution in [3.8, 4) is 0 Å². The van der Waals surface area contributed by atoms with Crippen molar-refractivity contribution in [3.63, 3.8) is 0 Å². The predicted molar refractivity (Wildman–Crippen MR) is 67.1 cm³/mol. The number of aromatic carboxylic acids is 1. The summed E-state index contributed by atoms with van der Waals surface area (Å²) in [5.41, 5.74) is 1.49. The Morgan fingerprint density at radius 2 is 2.06 bits per heavy atom. The van der Waals surface area contributed by atoms with Gasteiger partial charge in [-0.1, -0.05) is 0 Å². The molecule has 0 saturated heterocycles. The molecule has 0 unspecified atom stereocenters. The zero-order chi connectivity index (χ0) is 13.5. The number of nitrogens with zero attached hydrogens (tertiary/aromatic N) is 2. The van der Waals surface area contributed by atoms with E-state index in [0.29, 0.717) is 18.7 Å². The van der Waals surface area contributed by atoms with Crippen molar-refractivity contribution in [2.24, 2.45) is 0 Å². The topological polar surface area (TPSA) is 77.9 Å². The van der Waals surface area contributed by atoms with E-state index in [-0.39, 0.29) is 5.56 Å². The second-order valence-corrected chi connectivity index (χ2v) is 6.33. The SMILES string of the molecule is CN(C)S(=O)(=O)N1CCc2cc(C(=O)O)ccc21. The fourth-order valence-electron chi connectivity index (χ4n) is 1.94. The van der Waals surface area contributed by atoms with Gasteiger partial charge >= 0.3 is 16.2 Å². The van der Waals surface area contributed by atoms with Gasteiger partial charge in [-0.3, -0.25) is 4.31 Å². The van der Waals surface area contributed by atoms with E-state index in [0.717, 1.165) is 9.87 Å². The van der Waals surface area contributed by atoms with E-state index in [1.54, 1.807) is 6.07 Å². The van der Waals surface area contributed by atoms with Crippen LogP contribution in [0.5, 0.6) is 0 Å². The number of rotatable bonds is 3. The van der Waals surface area contributed by atoms with Gasteiger partial charge in [0, 0.05) is 20.6 Å². The van der Waals surface area contributed by atoms with Crippen LogP contribution in [0.4, 0.5) is 5.69 Å². The summed E-state index contributed by atoms with van der Waals surface area (Å²) in [6.45, 7) is 0.346. The predicted octanol–water partition coefficient (Wildman–Crippen LogP) is 0.554. The summed E-state index contributed by atoms with van der Waals surface area (Å²) >= 11 is 0. The summed E-state index contributed by atoms with van der Waals surface area (Å²) in [4.78, 5) is 10.8. The molecular weight excluding hydrogens is 256 g/mol. The van der Waals surface area contributed by atoms with Gasteiger partial charge in [-0.25, -0.2) is 4.79 Å². The van der Waals surface area contributed by atoms with Crippen LogP contribution in [-0.4, -0.2) is 44.4 Å². The maximum absolute atomic E-state index is 12.0. The van der Waals surface area contributed by atoms with Crippen LogP contribution in [0.1, 0.15) is 15.9 Å². The molecule has 1 heterocycles. The van der Waals surface area contributed by atoms with Crippen LogP contribution >= 0.6 is 0 Å². The smallest absolute Gasteiger partial charge is 0.335 e. The summed E-state index contributed by atoms with van der Waals surface area (Å²) in [6.07, 6.45) is 0.531. The van der Waals surface area contributed by atoms with Crippen molar-refractivity contribution in [2.45, 2.75) is 6.42 Å². The number of anilines is 1. The van der Waals surface area contributed by atoms with E-state index in [1.807, 2.05) is 0 Å². The van der Waals surface area contributed by atoms with E-state index in [2.05, 4.69) is 0 Å². The van der Waals surface area contributed by atoms with Gasteiger partial charge in [0.2, 0.25) is 0 Å². The van der Waals surface area contributed by atoms with Crippen LogP contribution in [0.25, 0.3) is 0 Å². The van der Waals surface area contributed by atoms with E-state index < -0.39 is 16.2 Å². The average molecular weight is 270 g/mol. The first-order valence-corrected chi connectivity index (χ1v) is 6.80. The molecule has 0 fully saturated rings. The van der Waals surface area contributed by atoms with Crippen molar-refractivity contribution in [1.82, 2.24) is 4.31 Å². The molecule has 0 atom stereocenters. The van der Waals surface area contributed by atoms with Crippen LogP contribution < -0.4 is 4.31 Å². The number of carboxylic acid groups (broad SMARTS) is 1. The Labute approximate surface area is 106 Å². The molecule has 0 radical (unpaired) electrons. The Morgan fingerprint density at radius 3 is 2.61 bits per heavy atom. The Kier molecular flexibility index (Phi) is 3.04. The highest BCUT2D eigenvalue weighted by Crippen LogP contribution is 2.31. The molecule has 0 saturated carbocycles. The highest BCUT2D eigenvalue weighted by Gasteiger charge is 2.31. The molecule has 98 valence electrons. The van der Waals surface area contributed by atoms with Gasteiger partial charge in [-0.15, -0.1) is 0 Å². The minimum absolute atomic E-state index is 0.179. The van der Waals surface area contributed by atoms with Crippen molar-refractivity contribution < 1.29 is 18.3 Å². The highest BCUT2D eigenvalue weighted by molar-refractivity contribution is 7.90. The van der Waals surface area contributed by atoms with Crippen LogP contribution in [0.3, 0.4) is 0 Å². The number of hydrogen-bond donors (Lipinski definition) is 1. The standard InChI is InChI=1S/C11H14N2O4S/c1-12(2)18(16,17)13-6-5-8-7-9(11(14)15)3-4-10(8)13/h3-4,7H,5-6H2,1-2H3,(H,14,15). The fourth-order valence-corrected chi connectivity index (χ4v) is 3.08. The van der Waals surface area contributed by atoms with E-state index in [4.69, 9.17) is 5.11 Å². The maximum atomic E-state index is 12.0. The molecule has 18 heavy (non-hydrogen) atoms. The number of carboxylic acids is 1. The number of fused-ring (bicyclic) bond motifs is 1. The quantitative estimate of drug-likeness (QED) is 0.870. The van der Waals surface area contributed by atoms with Gasteiger partial charge in [-0.2, -0.15) is 12.7 Å². The second-order valence-electron chi connectivity index (χ2n) is 4.26. The summed E-state index contributed by atoms with van der Waals surface area (Å²) in [5, 5.41) is 8.89. The van der Waals surface area contributed by atoms with E-state index in [1.165, 1.54) is 30.5 Å². The third-order valence-corrected chi connectivity index (χ3v) is 4.78. The van der Waals surface area contributed by atoms with Crippen molar-refractivity contribution in [2.75, 3.05) is 24.9 Å². The molecule has 0 aromatic heterocycles. The zero-order valence-corrected chi connectivity index (χ0v) is 10.9. The molecule has 1 aromatic rings. The normalized spacial score (nSPS) is 14.9. The van der Waals surface area contributed by atoms with Gasteiger partial charge in [0.05, 0.1) is 11.3 Å². The molecule has 6 nitrogen and oxygen atoms in total. The molecule has 0 aliphatic carbocycles. The summed E-state index contributed by atoms with van der Waals surface area (Å²) < 4.78 is 26.5. The first kappa shape index (κ1) is 12.8. The molecule has 1 aromatic carbocycles. The minimum Gasteiger partial charge on any atom is -0.478 e. The molecule has 1 aliphatic heterocycles. The van der Waals surface area contributed by atoms with Crippen LogP contribution in [-0.2, 0) is 16.6 Å². The third-order valence-electron chi connectivity index (χ3n) is 2.92. The summed E-state index contributed by atoms with van der Waals surface area (Å²) in [6, 6.07) is 4.50. The molecular formula is C11H14N2O4S. The van der Waals surface area contributed by atoms with Gasteiger partial charge in [0.25, 0.3) is 0 Å². The monoisotopic (exact) mass is 270 g/mol. The lowest BCUT2D eigenvalue weighted by molar-refractivity contribution is 0.0697. The Morgan fingerprint density at radius 1 is 1.39 bits per heavy atom. The van der Waals surface area contributed by atoms with Gasteiger partial charge in [-0.05, 0) is 30.2 Å². The Bertz CT molecular complexity index is 595. The molecule has 7 heteroatoms. The molecule has 0 spiro atoms. The second kappa shape index (κ2) is 4.25. The lowest BCUT2D eigenvalue weighted by atomic mass is 10.1. The molecule has 1 aliphatic rings. The number of hydrogen-bond acceptors (Lipinski definition) is 3. The lowest BCUT2D eigenvalue weighted by Gasteiger charge is -2.23. The van der Waals surface area contributed by atoms with Gasteiger partial charge in [0.15, 0.2) is 0 Å². The number of benzene rings is 1. The Balaban J connectivity index is 2.44. The number of carbonyl (C=O) groups is 1. The van der Waals surface area contributed by atoms with Crippen LogP contribution in [0, 0.1) is 0 Å².